The number of carbonyl (C=O) groups excluding carboxylic acids is 1. The number of Topliss-reactive ketones (excluding diaryl/α,β-unsaturated/α-hetero) is 1. The average molecular weight is 230 g/mol. The third-order valence-electron chi connectivity index (χ3n) is 3.20. The van der Waals surface area contributed by atoms with Gasteiger partial charge in [-0.1, -0.05) is 0 Å². The van der Waals surface area contributed by atoms with Crippen molar-refractivity contribution in [3.8, 4) is 5.75 Å². The smallest absolute Gasteiger partial charge is 0.133 e. The first-order valence-corrected chi connectivity index (χ1v) is 5.93. The molecular formula is C13H14N2O2. The number of aromatic amines is 1. The lowest BCUT2D eigenvalue weighted by atomic mass is 9.96. The van der Waals surface area contributed by atoms with Gasteiger partial charge in [0.25, 0.3) is 0 Å². The van der Waals surface area contributed by atoms with Gasteiger partial charge in [0.15, 0.2) is 0 Å². The first kappa shape index (κ1) is 10.3. The molecule has 1 fully saturated rings. The van der Waals surface area contributed by atoms with Crippen molar-refractivity contribution in [2.24, 2.45) is 0 Å². The predicted octanol–water partition coefficient (Wildman–Crippen LogP) is 2.45. The summed E-state index contributed by atoms with van der Waals surface area (Å²) in [5.41, 5.74) is 1.01. The van der Waals surface area contributed by atoms with E-state index in [1.54, 1.807) is 6.20 Å². The Balaban J connectivity index is 1.73. The summed E-state index contributed by atoms with van der Waals surface area (Å²) >= 11 is 0. The third kappa shape index (κ3) is 2.16. The minimum atomic E-state index is 0.178. The lowest BCUT2D eigenvalue weighted by Crippen LogP contribution is -2.23. The van der Waals surface area contributed by atoms with Gasteiger partial charge in [0.2, 0.25) is 0 Å². The molecule has 0 unspecified atom stereocenters. The van der Waals surface area contributed by atoms with E-state index >= 15 is 0 Å². The van der Waals surface area contributed by atoms with Gasteiger partial charge >= 0.3 is 0 Å². The SMILES string of the molecule is O=C1CCC(Oc2ccc3[nH]ncc3c2)CC1. The molecule has 2 aromatic rings. The van der Waals surface area contributed by atoms with Crippen molar-refractivity contribution >= 4 is 16.7 Å². The summed E-state index contributed by atoms with van der Waals surface area (Å²) in [4.78, 5) is 11.1. The number of hydrogen-bond donors (Lipinski definition) is 1. The van der Waals surface area contributed by atoms with Crippen LogP contribution in [0.1, 0.15) is 25.7 Å². The van der Waals surface area contributed by atoms with E-state index < -0.39 is 0 Å². The van der Waals surface area contributed by atoms with Crippen LogP contribution in [0.5, 0.6) is 5.75 Å². The Morgan fingerprint density at radius 1 is 1.29 bits per heavy atom. The quantitative estimate of drug-likeness (QED) is 0.862. The number of ketones is 1. The Bertz CT molecular complexity index is 537. The molecule has 88 valence electrons. The first-order chi connectivity index (χ1) is 8.31. The van der Waals surface area contributed by atoms with Crippen LogP contribution in [0.25, 0.3) is 10.9 Å². The van der Waals surface area contributed by atoms with Gasteiger partial charge in [-0.15, -0.1) is 0 Å². The van der Waals surface area contributed by atoms with Crippen LogP contribution in [0.2, 0.25) is 0 Å². The van der Waals surface area contributed by atoms with Crippen LogP contribution in [-0.4, -0.2) is 22.1 Å². The van der Waals surface area contributed by atoms with E-state index in [9.17, 15) is 4.79 Å². The summed E-state index contributed by atoms with van der Waals surface area (Å²) < 4.78 is 5.89. The number of benzene rings is 1. The molecule has 0 atom stereocenters. The van der Waals surface area contributed by atoms with E-state index in [0.29, 0.717) is 18.6 Å². The van der Waals surface area contributed by atoms with Gasteiger partial charge in [0.05, 0.1) is 17.8 Å². The van der Waals surface area contributed by atoms with Gasteiger partial charge in [-0.25, -0.2) is 0 Å². The zero-order valence-electron chi connectivity index (χ0n) is 9.48. The lowest BCUT2D eigenvalue weighted by Gasteiger charge is -2.22. The fourth-order valence-electron chi connectivity index (χ4n) is 2.22. The maximum absolute atomic E-state index is 11.1. The van der Waals surface area contributed by atoms with E-state index in [4.69, 9.17) is 4.74 Å². The minimum Gasteiger partial charge on any atom is -0.490 e. The molecule has 0 aliphatic heterocycles. The molecule has 0 radical (unpaired) electrons. The van der Waals surface area contributed by atoms with Crippen molar-refractivity contribution in [2.75, 3.05) is 0 Å². The molecule has 0 bridgehead atoms. The Kier molecular flexibility index (Phi) is 2.55. The Hall–Kier alpha value is -1.84. The molecular weight excluding hydrogens is 216 g/mol. The summed E-state index contributed by atoms with van der Waals surface area (Å²) in [6.07, 6.45) is 4.94. The summed E-state index contributed by atoms with van der Waals surface area (Å²) in [6.45, 7) is 0. The van der Waals surface area contributed by atoms with Gasteiger partial charge < -0.3 is 4.74 Å². The average Bonchev–Trinajstić information content (AvgIpc) is 2.79. The van der Waals surface area contributed by atoms with Gasteiger partial charge in [-0.05, 0) is 31.0 Å². The normalized spacial score (nSPS) is 17.5. The van der Waals surface area contributed by atoms with E-state index in [2.05, 4.69) is 10.2 Å². The molecule has 17 heavy (non-hydrogen) atoms. The topological polar surface area (TPSA) is 55.0 Å². The zero-order valence-corrected chi connectivity index (χ0v) is 9.48. The minimum absolute atomic E-state index is 0.178. The van der Waals surface area contributed by atoms with E-state index in [0.717, 1.165) is 29.5 Å². The predicted molar refractivity (Wildman–Crippen MR) is 64.0 cm³/mol. The molecule has 1 aromatic carbocycles. The van der Waals surface area contributed by atoms with Crippen LogP contribution in [0, 0.1) is 0 Å². The highest BCUT2D eigenvalue weighted by Gasteiger charge is 2.19. The second-order valence-corrected chi connectivity index (χ2v) is 4.47. The number of ether oxygens (including phenoxy) is 1. The van der Waals surface area contributed by atoms with E-state index in [-0.39, 0.29) is 6.10 Å². The molecule has 1 saturated carbocycles. The standard InChI is InChI=1S/C13H14N2O2/c16-10-1-3-11(4-2-10)17-12-5-6-13-9(7-12)8-14-15-13/h5-8,11H,1-4H2,(H,14,15). The molecule has 1 aliphatic rings. The maximum atomic E-state index is 11.1. The number of aromatic nitrogens is 2. The monoisotopic (exact) mass is 230 g/mol. The molecule has 0 spiro atoms. The fourth-order valence-corrected chi connectivity index (χ4v) is 2.22. The van der Waals surface area contributed by atoms with Crippen LogP contribution in [0.15, 0.2) is 24.4 Å². The molecule has 1 aromatic heterocycles. The van der Waals surface area contributed by atoms with Crippen LogP contribution in [0.4, 0.5) is 0 Å². The molecule has 0 saturated heterocycles. The Labute approximate surface area is 99.0 Å². The number of carbonyl (C=O) groups is 1. The molecule has 4 nitrogen and oxygen atoms in total. The highest BCUT2D eigenvalue weighted by Crippen LogP contribution is 2.24. The number of fused-ring (bicyclic) bond motifs is 1. The van der Waals surface area contributed by atoms with Crippen molar-refractivity contribution in [1.29, 1.82) is 0 Å². The van der Waals surface area contributed by atoms with Crippen LogP contribution in [0.3, 0.4) is 0 Å². The number of nitrogens with zero attached hydrogens (tertiary/aromatic N) is 1. The summed E-state index contributed by atoms with van der Waals surface area (Å²) in [5, 5.41) is 7.93. The Morgan fingerprint density at radius 2 is 2.12 bits per heavy atom. The van der Waals surface area contributed by atoms with Crippen LogP contribution >= 0.6 is 0 Å². The van der Waals surface area contributed by atoms with Gasteiger partial charge in [-0.2, -0.15) is 5.10 Å². The second-order valence-electron chi connectivity index (χ2n) is 4.47. The number of H-pyrrole nitrogens is 1. The van der Waals surface area contributed by atoms with Gasteiger partial charge in [0, 0.05) is 18.2 Å². The van der Waals surface area contributed by atoms with Crippen LogP contribution in [-0.2, 0) is 4.79 Å². The lowest BCUT2D eigenvalue weighted by molar-refractivity contribution is -0.121. The highest BCUT2D eigenvalue weighted by atomic mass is 16.5. The van der Waals surface area contributed by atoms with Crippen molar-refractivity contribution in [3.63, 3.8) is 0 Å². The number of hydrogen-bond acceptors (Lipinski definition) is 3. The summed E-state index contributed by atoms with van der Waals surface area (Å²) in [7, 11) is 0. The molecule has 1 aliphatic carbocycles. The summed E-state index contributed by atoms with van der Waals surface area (Å²) in [5.74, 6) is 1.22. The Morgan fingerprint density at radius 3 is 2.94 bits per heavy atom. The van der Waals surface area contributed by atoms with Crippen molar-refractivity contribution < 1.29 is 9.53 Å². The third-order valence-corrected chi connectivity index (χ3v) is 3.20. The first-order valence-electron chi connectivity index (χ1n) is 5.93. The molecule has 4 heteroatoms. The number of rotatable bonds is 2. The van der Waals surface area contributed by atoms with Crippen molar-refractivity contribution in [3.05, 3.63) is 24.4 Å². The molecule has 1 N–H and O–H groups in total. The fraction of sp³-hybridized carbons (Fsp3) is 0.385. The van der Waals surface area contributed by atoms with Crippen LogP contribution < -0.4 is 4.74 Å². The number of nitrogens with one attached hydrogen (secondary N) is 1. The largest absolute Gasteiger partial charge is 0.490 e. The molecule has 0 amide bonds. The van der Waals surface area contributed by atoms with Crippen molar-refractivity contribution in [1.82, 2.24) is 10.2 Å². The van der Waals surface area contributed by atoms with Crippen molar-refractivity contribution in [2.45, 2.75) is 31.8 Å². The second kappa shape index (κ2) is 4.20. The van der Waals surface area contributed by atoms with E-state index in [1.165, 1.54) is 0 Å². The highest BCUT2D eigenvalue weighted by molar-refractivity contribution is 5.80. The van der Waals surface area contributed by atoms with E-state index in [1.807, 2.05) is 18.2 Å². The maximum Gasteiger partial charge on any atom is 0.133 e. The molecule has 1 heterocycles. The molecule has 3 rings (SSSR count). The van der Waals surface area contributed by atoms with Gasteiger partial charge in [-0.3, -0.25) is 9.89 Å². The van der Waals surface area contributed by atoms with Gasteiger partial charge in [0.1, 0.15) is 11.5 Å². The summed E-state index contributed by atoms with van der Waals surface area (Å²) in [6, 6.07) is 5.89. The zero-order chi connectivity index (χ0) is 11.7.